The quantitative estimate of drug-likeness (QED) is 0.285. The van der Waals surface area contributed by atoms with Crippen molar-refractivity contribution in [2.24, 2.45) is 0 Å². The highest BCUT2D eigenvalue weighted by atomic mass is 35.5. The van der Waals surface area contributed by atoms with Crippen LogP contribution in [-0.4, -0.2) is 28.8 Å². The number of hydrogen-bond donors (Lipinski definition) is 1. The molecule has 2 amide bonds. The number of carbonyl (C=O) groups excluding carboxylic acids is 2. The highest BCUT2D eigenvalue weighted by Crippen LogP contribution is 2.30. The standard InChI is InChI=1S/C29H28Cl4N2O2/c30-23-12-6-13-24(31)21(23)17-28(36)35(18-22-25(32)14-7-15-26(22)33)27(16-19-8-2-1-3-9-19)29(37)34-20-10-4-5-11-20/h1-3,6-9,12-15,20,27H,4-5,10-11,16-18H2,(H,34,37)/t27-/m1/s1. The van der Waals surface area contributed by atoms with Gasteiger partial charge in [0.1, 0.15) is 6.04 Å². The number of amides is 2. The van der Waals surface area contributed by atoms with Crippen LogP contribution in [-0.2, 0) is 29.0 Å². The van der Waals surface area contributed by atoms with E-state index in [1.54, 1.807) is 41.3 Å². The van der Waals surface area contributed by atoms with Crippen LogP contribution >= 0.6 is 46.4 Å². The van der Waals surface area contributed by atoms with Gasteiger partial charge in [-0.25, -0.2) is 0 Å². The van der Waals surface area contributed by atoms with Gasteiger partial charge < -0.3 is 10.2 Å². The maximum absolute atomic E-state index is 14.0. The molecule has 8 heteroatoms. The van der Waals surface area contributed by atoms with Gasteiger partial charge in [0, 0.05) is 44.7 Å². The Morgan fingerprint density at radius 1 is 0.784 bits per heavy atom. The Morgan fingerprint density at radius 3 is 1.89 bits per heavy atom. The molecule has 0 bridgehead atoms. The molecule has 1 aliphatic rings. The molecular weight excluding hydrogens is 550 g/mol. The topological polar surface area (TPSA) is 49.4 Å². The van der Waals surface area contributed by atoms with Crippen LogP contribution in [0.3, 0.4) is 0 Å². The van der Waals surface area contributed by atoms with E-state index in [1.165, 1.54) is 0 Å². The second-order valence-corrected chi connectivity index (χ2v) is 10.9. The molecule has 1 fully saturated rings. The molecule has 1 N–H and O–H groups in total. The van der Waals surface area contributed by atoms with E-state index < -0.39 is 6.04 Å². The Kier molecular flexibility index (Phi) is 9.77. The summed E-state index contributed by atoms with van der Waals surface area (Å²) in [4.78, 5) is 29.3. The van der Waals surface area contributed by atoms with E-state index in [9.17, 15) is 9.59 Å². The summed E-state index contributed by atoms with van der Waals surface area (Å²) in [6.07, 6.45) is 4.30. The lowest BCUT2D eigenvalue weighted by Crippen LogP contribution is -2.52. The summed E-state index contributed by atoms with van der Waals surface area (Å²) in [5, 5.41) is 4.83. The molecule has 0 aromatic heterocycles. The number of nitrogens with one attached hydrogen (secondary N) is 1. The van der Waals surface area contributed by atoms with E-state index >= 15 is 0 Å². The molecular formula is C29H28Cl4N2O2. The molecule has 0 heterocycles. The molecule has 0 aliphatic heterocycles. The van der Waals surface area contributed by atoms with Crippen molar-refractivity contribution in [3.05, 3.63) is 104 Å². The molecule has 3 aromatic carbocycles. The maximum atomic E-state index is 14.0. The summed E-state index contributed by atoms with van der Waals surface area (Å²) < 4.78 is 0. The van der Waals surface area contributed by atoms with E-state index in [2.05, 4.69) is 5.32 Å². The van der Waals surface area contributed by atoms with Gasteiger partial charge in [-0.15, -0.1) is 0 Å². The smallest absolute Gasteiger partial charge is 0.243 e. The van der Waals surface area contributed by atoms with E-state index in [4.69, 9.17) is 46.4 Å². The van der Waals surface area contributed by atoms with Crippen LogP contribution in [0.15, 0.2) is 66.7 Å². The molecule has 0 saturated heterocycles. The molecule has 1 aliphatic carbocycles. The van der Waals surface area contributed by atoms with Gasteiger partial charge in [-0.3, -0.25) is 9.59 Å². The van der Waals surface area contributed by atoms with Crippen LogP contribution < -0.4 is 5.32 Å². The number of rotatable bonds is 9. The van der Waals surface area contributed by atoms with Gasteiger partial charge >= 0.3 is 0 Å². The average Bonchev–Trinajstić information content (AvgIpc) is 3.39. The highest BCUT2D eigenvalue weighted by Gasteiger charge is 2.33. The van der Waals surface area contributed by atoms with Crippen molar-refractivity contribution in [2.45, 2.75) is 57.2 Å². The lowest BCUT2D eigenvalue weighted by molar-refractivity contribution is -0.141. The van der Waals surface area contributed by atoms with Gasteiger partial charge in [0.25, 0.3) is 0 Å². The van der Waals surface area contributed by atoms with Gasteiger partial charge in [-0.2, -0.15) is 0 Å². The Hall–Kier alpha value is -2.24. The maximum Gasteiger partial charge on any atom is 0.243 e. The molecule has 1 saturated carbocycles. The number of nitrogens with zero attached hydrogens (tertiary/aromatic N) is 1. The summed E-state index contributed by atoms with van der Waals surface area (Å²) in [5.74, 6) is -0.494. The largest absolute Gasteiger partial charge is 0.352 e. The van der Waals surface area contributed by atoms with Crippen LogP contribution in [0.25, 0.3) is 0 Å². The third-order valence-electron chi connectivity index (χ3n) is 6.75. The number of hydrogen-bond acceptors (Lipinski definition) is 2. The lowest BCUT2D eigenvalue weighted by atomic mass is 10.0. The predicted octanol–water partition coefficient (Wildman–Crippen LogP) is 7.54. The summed E-state index contributed by atoms with van der Waals surface area (Å²) in [6, 6.07) is 19.3. The van der Waals surface area contributed by atoms with E-state index in [-0.39, 0.29) is 30.8 Å². The summed E-state index contributed by atoms with van der Waals surface area (Å²) >= 11 is 25.8. The van der Waals surface area contributed by atoms with Gasteiger partial charge in [0.05, 0.1) is 6.42 Å². The number of benzene rings is 3. The van der Waals surface area contributed by atoms with Crippen molar-refractivity contribution in [3.63, 3.8) is 0 Å². The van der Waals surface area contributed by atoms with Crippen LogP contribution in [0.5, 0.6) is 0 Å². The van der Waals surface area contributed by atoms with Crippen LogP contribution in [0, 0.1) is 0 Å². The fourth-order valence-electron chi connectivity index (χ4n) is 4.73. The van der Waals surface area contributed by atoms with Crippen molar-refractivity contribution in [1.29, 1.82) is 0 Å². The molecule has 1 atom stereocenters. The van der Waals surface area contributed by atoms with Crippen molar-refractivity contribution in [1.82, 2.24) is 10.2 Å². The average molecular weight is 578 g/mol. The van der Waals surface area contributed by atoms with Crippen molar-refractivity contribution < 1.29 is 9.59 Å². The van der Waals surface area contributed by atoms with E-state index in [1.807, 2.05) is 30.3 Å². The molecule has 3 aromatic rings. The molecule has 0 unspecified atom stereocenters. The van der Waals surface area contributed by atoms with Crippen molar-refractivity contribution >= 4 is 58.2 Å². The first-order chi connectivity index (χ1) is 17.8. The van der Waals surface area contributed by atoms with E-state index in [0.29, 0.717) is 37.6 Å². The Morgan fingerprint density at radius 2 is 1.32 bits per heavy atom. The molecule has 194 valence electrons. The zero-order valence-corrected chi connectivity index (χ0v) is 23.3. The summed E-state index contributed by atoms with van der Waals surface area (Å²) in [7, 11) is 0. The van der Waals surface area contributed by atoms with Crippen LogP contribution in [0.1, 0.15) is 42.4 Å². The fourth-order valence-corrected chi connectivity index (χ4v) is 5.78. The van der Waals surface area contributed by atoms with Gasteiger partial charge in [-0.05, 0) is 48.2 Å². The van der Waals surface area contributed by atoms with Gasteiger partial charge in [0.2, 0.25) is 11.8 Å². The third kappa shape index (κ3) is 7.20. The highest BCUT2D eigenvalue weighted by molar-refractivity contribution is 6.36. The molecule has 4 nitrogen and oxygen atoms in total. The number of halogens is 4. The van der Waals surface area contributed by atoms with Crippen LogP contribution in [0.4, 0.5) is 0 Å². The normalized spacial score (nSPS) is 14.4. The van der Waals surface area contributed by atoms with Crippen molar-refractivity contribution in [2.75, 3.05) is 0 Å². The zero-order chi connectivity index (χ0) is 26.4. The molecule has 0 radical (unpaired) electrons. The minimum Gasteiger partial charge on any atom is -0.352 e. The SMILES string of the molecule is O=C(NC1CCCC1)[C@@H](Cc1ccccc1)N(Cc1c(Cl)cccc1Cl)C(=O)Cc1c(Cl)cccc1Cl. The zero-order valence-electron chi connectivity index (χ0n) is 20.2. The minimum atomic E-state index is -0.788. The van der Waals surface area contributed by atoms with Crippen molar-refractivity contribution in [3.8, 4) is 0 Å². The summed E-state index contributed by atoms with van der Waals surface area (Å²) in [5.41, 5.74) is 2.03. The minimum absolute atomic E-state index is 0.0645. The Bertz CT molecular complexity index is 1210. The number of carbonyl (C=O) groups is 2. The first-order valence-electron chi connectivity index (χ1n) is 12.3. The molecule has 0 spiro atoms. The molecule has 4 rings (SSSR count). The van der Waals surface area contributed by atoms with E-state index in [0.717, 1.165) is 31.2 Å². The molecule has 37 heavy (non-hydrogen) atoms. The fraction of sp³-hybridized carbons (Fsp3) is 0.310. The second kappa shape index (κ2) is 13.0. The third-order valence-corrected chi connectivity index (χ3v) is 8.17. The lowest BCUT2D eigenvalue weighted by Gasteiger charge is -2.33. The predicted molar refractivity (Wildman–Crippen MR) is 152 cm³/mol. The second-order valence-electron chi connectivity index (χ2n) is 9.29. The first kappa shape index (κ1) is 27.8. The van der Waals surface area contributed by atoms with Gasteiger partial charge in [0.15, 0.2) is 0 Å². The Balaban J connectivity index is 1.73. The first-order valence-corrected chi connectivity index (χ1v) is 13.8. The van der Waals surface area contributed by atoms with Gasteiger partial charge in [-0.1, -0.05) is 102 Å². The summed E-state index contributed by atoms with van der Waals surface area (Å²) in [6.45, 7) is 0.0645. The Labute approximate surface area is 237 Å². The monoisotopic (exact) mass is 576 g/mol. The van der Waals surface area contributed by atoms with Crippen LogP contribution in [0.2, 0.25) is 20.1 Å².